The molecule has 1 atom stereocenters. The molecule has 6 heteroatoms. The van der Waals surface area contributed by atoms with Gasteiger partial charge in [-0.1, -0.05) is 0 Å². The fourth-order valence-electron chi connectivity index (χ4n) is 1.89. The van der Waals surface area contributed by atoms with Gasteiger partial charge in [0.25, 0.3) is 0 Å². The van der Waals surface area contributed by atoms with Gasteiger partial charge in [-0.05, 0) is 19.4 Å². The number of aromatic nitrogens is 2. The summed E-state index contributed by atoms with van der Waals surface area (Å²) in [6.45, 7) is 2.20. The van der Waals surface area contributed by atoms with Crippen molar-refractivity contribution in [1.29, 1.82) is 0 Å². The zero-order valence-electron chi connectivity index (χ0n) is 9.15. The first-order valence-corrected chi connectivity index (χ1v) is 5.52. The molecule has 0 aromatic carbocycles. The molecule has 0 spiro atoms. The van der Waals surface area contributed by atoms with Crippen molar-refractivity contribution in [2.75, 3.05) is 18.4 Å². The standard InChI is InChI=1S/C10H17N5O/c11-10(16)7-15-6-9(5-13-15)14-8-2-1-3-12-4-8/h5-6,8,12,14H,1-4,7H2,(H2,11,16). The summed E-state index contributed by atoms with van der Waals surface area (Å²) in [5.74, 6) is -0.381. The highest BCUT2D eigenvalue weighted by atomic mass is 16.1. The van der Waals surface area contributed by atoms with Gasteiger partial charge in [0.15, 0.2) is 0 Å². The Labute approximate surface area is 94.2 Å². The lowest BCUT2D eigenvalue weighted by Gasteiger charge is -2.23. The number of hydrogen-bond donors (Lipinski definition) is 3. The molecule has 6 nitrogen and oxygen atoms in total. The summed E-state index contributed by atoms with van der Waals surface area (Å²) >= 11 is 0. The monoisotopic (exact) mass is 223 g/mol. The van der Waals surface area contributed by atoms with Crippen molar-refractivity contribution in [3.8, 4) is 0 Å². The van der Waals surface area contributed by atoms with Crippen molar-refractivity contribution in [2.45, 2.75) is 25.4 Å². The maximum Gasteiger partial charge on any atom is 0.239 e. The summed E-state index contributed by atoms with van der Waals surface area (Å²) in [6.07, 6.45) is 5.87. The van der Waals surface area contributed by atoms with Crippen molar-refractivity contribution < 1.29 is 4.79 Å². The molecule has 0 radical (unpaired) electrons. The predicted octanol–water partition coefficient (Wildman–Crippen LogP) is -0.468. The minimum Gasteiger partial charge on any atom is -0.378 e. The molecule has 16 heavy (non-hydrogen) atoms. The molecule has 2 rings (SSSR count). The highest BCUT2D eigenvalue weighted by molar-refractivity contribution is 5.73. The van der Waals surface area contributed by atoms with E-state index in [1.165, 1.54) is 6.42 Å². The SMILES string of the molecule is NC(=O)Cn1cc(NC2CCCNC2)cn1. The average molecular weight is 223 g/mol. The van der Waals surface area contributed by atoms with Gasteiger partial charge in [0, 0.05) is 18.8 Å². The van der Waals surface area contributed by atoms with Crippen LogP contribution < -0.4 is 16.4 Å². The van der Waals surface area contributed by atoms with Crippen molar-refractivity contribution in [1.82, 2.24) is 15.1 Å². The van der Waals surface area contributed by atoms with Gasteiger partial charge in [0.2, 0.25) is 5.91 Å². The summed E-state index contributed by atoms with van der Waals surface area (Å²) in [4.78, 5) is 10.7. The van der Waals surface area contributed by atoms with E-state index in [1.54, 1.807) is 17.1 Å². The first kappa shape index (κ1) is 10.9. The topological polar surface area (TPSA) is 85.0 Å². The Morgan fingerprint density at radius 2 is 2.62 bits per heavy atom. The number of hydrogen-bond acceptors (Lipinski definition) is 4. The molecule has 1 unspecified atom stereocenters. The van der Waals surface area contributed by atoms with Gasteiger partial charge in [-0.15, -0.1) is 0 Å². The molecular weight excluding hydrogens is 206 g/mol. The second-order valence-electron chi connectivity index (χ2n) is 4.08. The molecule has 4 N–H and O–H groups in total. The Morgan fingerprint density at radius 1 is 1.75 bits per heavy atom. The average Bonchev–Trinajstić information content (AvgIpc) is 2.66. The van der Waals surface area contributed by atoms with Crippen molar-refractivity contribution >= 4 is 11.6 Å². The van der Waals surface area contributed by atoms with Gasteiger partial charge in [0.1, 0.15) is 6.54 Å². The lowest BCUT2D eigenvalue weighted by Crippen LogP contribution is -2.38. The number of anilines is 1. The van der Waals surface area contributed by atoms with E-state index >= 15 is 0 Å². The third-order valence-electron chi connectivity index (χ3n) is 2.62. The van der Waals surface area contributed by atoms with Gasteiger partial charge < -0.3 is 16.4 Å². The zero-order chi connectivity index (χ0) is 11.4. The quantitative estimate of drug-likeness (QED) is 0.644. The maximum atomic E-state index is 10.7. The third-order valence-corrected chi connectivity index (χ3v) is 2.62. The van der Waals surface area contributed by atoms with E-state index in [9.17, 15) is 4.79 Å². The van der Waals surface area contributed by atoms with Crippen LogP contribution in [0, 0.1) is 0 Å². The Morgan fingerprint density at radius 3 is 3.31 bits per heavy atom. The van der Waals surface area contributed by atoms with E-state index in [0.717, 1.165) is 25.2 Å². The van der Waals surface area contributed by atoms with Crippen LogP contribution in [0.2, 0.25) is 0 Å². The van der Waals surface area contributed by atoms with Crippen LogP contribution >= 0.6 is 0 Å². The van der Waals surface area contributed by atoms with Crippen molar-refractivity contribution in [2.24, 2.45) is 5.73 Å². The minimum absolute atomic E-state index is 0.130. The van der Waals surface area contributed by atoms with Crippen molar-refractivity contribution in [3.05, 3.63) is 12.4 Å². The van der Waals surface area contributed by atoms with Crippen LogP contribution in [0.1, 0.15) is 12.8 Å². The summed E-state index contributed by atoms with van der Waals surface area (Å²) in [6, 6.07) is 0.444. The fourth-order valence-corrected chi connectivity index (χ4v) is 1.89. The number of nitrogens with one attached hydrogen (secondary N) is 2. The number of carbonyl (C=O) groups is 1. The Bertz CT molecular complexity index is 356. The first-order chi connectivity index (χ1) is 7.74. The fraction of sp³-hybridized carbons (Fsp3) is 0.600. The number of piperidine rings is 1. The van der Waals surface area contributed by atoms with E-state index < -0.39 is 0 Å². The van der Waals surface area contributed by atoms with Crippen LogP contribution in [-0.4, -0.2) is 34.8 Å². The van der Waals surface area contributed by atoms with E-state index in [0.29, 0.717) is 6.04 Å². The maximum absolute atomic E-state index is 10.7. The Hall–Kier alpha value is -1.56. The molecule has 1 fully saturated rings. The molecule has 0 saturated carbocycles. The van der Waals surface area contributed by atoms with Gasteiger partial charge in [-0.3, -0.25) is 9.48 Å². The second-order valence-corrected chi connectivity index (χ2v) is 4.08. The van der Waals surface area contributed by atoms with E-state index in [-0.39, 0.29) is 12.5 Å². The van der Waals surface area contributed by atoms with Gasteiger partial charge >= 0.3 is 0 Å². The van der Waals surface area contributed by atoms with E-state index in [4.69, 9.17) is 5.73 Å². The Balaban J connectivity index is 1.88. The summed E-state index contributed by atoms with van der Waals surface area (Å²) in [5.41, 5.74) is 6.03. The third kappa shape index (κ3) is 2.96. The van der Waals surface area contributed by atoms with Crippen LogP contribution in [-0.2, 0) is 11.3 Å². The molecule has 1 aliphatic rings. The molecule has 2 heterocycles. The van der Waals surface area contributed by atoms with Crippen molar-refractivity contribution in [3.63, 3.8) is 0 Å². The number of amides is 1. The minimum atomic E-state index is -0.381. The molecular formula is C10H17N5O. The summed E-state index contributed by atoms with van der Waals surface area (Å²) < 4.78 is 1.54. The summed E-state index contributed by atoms with van der Waals surface area (Å²) in [7, 11) is 0. The van der Waals surface area contributed by atoms with Crippen LogP contribution in [0.25, 0.3) is 0 Å². The molecule has 0 aliphatic carbocycles. The van der Waals surface area contributed by atoms with Gasteiger partial charge in [-0.25, -0.2) is 0 Å². The van der Waals surface area contributed by atoms with Crippen LogP contribution in [0.3, 0.4) is 0 Å². The second kappa shape index (κ2) is 4.98. The Kier molecular flexibility index (Phi) is 3.40. The number of nitrogens with two attached hydrogens (primary N) is 1. The summed E-state index contributed by atoms with van der Waals surface area (Å²) in [5, 5.41) is 10.8. The van der Waals surface area contributed by atoms with Crippen LogP contribution in [0.4, 0.5) is 5.69 Å². The highest BCUT2D eigenvalue weighted by Crippen LogP contribution is 2.11. The zero-order valence-corrected chi connectivity index (χ0v) is 9.15. The molecule has 1 amide bonds. The smallest absolute Gasteiger partial charge is 0.239 e. The normalized spacial score (nSPS) is 20.6. The largest absolute Gasteiger partial charge is 0.378 e. The first-order valence-electron chi connectivity index (χ1n) is 5.52. The van der Waals surface area contributed by atoms with E-state index in [2.05, 4.69) is 15.7 Å². The van der Waals surface area contributed by atoms with Crippen LogP contribution in [0.15, 0.2) is 12.4 Å². The molecule has 88 valence electrons. The molecule has 1 aliphatic heterocycles. The van der Waals surface area contributed by atoms with Gasteiger partial charge in [-0.2, -0.15) is 5.10 Å². The number of primary amides is 1. The lowest BCUT2D eigenvalue weighted by atomic mass is 10.1. The molecule has 0 bridgehead atoms. The highest BCUT2D eigenvalue weighted by Gasteiger charge is 2.13. The predicted molar refractivity (Wildman–Crippen MR) is 60.9 cm³/mol. The molecule has 1 aromatic rings. The molecule has 1 aromatic heterocycles. The molecule has 1 saturated heterocycles. The van der Waals surface area contributed by atoms with Crippen LogP contribution in [0.5, 0.6) is 0 Å². The van der Waals surface area contributed by atoms with Gasteiger partial charge in [0.05, 0.1) is 11.9 Å². The number of rotatable bonds is 4. The number of nitrogens with zero attached hydrogens (tertiary/aromatic N) is 2. The lowest BCUT2D eigenvalue weighted by molar-refractivity contribution is -0.118. The van der Waals surface area contributed by atoms with E-state index in [1.807, 2.05) is 0 Å². The number of carbonyl (C=O) groups excluding carboxylic acids is 1.